The monoisotopic (exact) mass is 489 g/mol. The van der Waals surface area contributed by atoms with Crippen LogP contribution < -0.4 is 10.9 Å². The number of aliphatic hydroxyl groups excluding tert-OH is 1. The number of amides is 2. The molecule has 1 aromatic carbocycles. The molecule has 3 aliphatic rings. The zero-order valence-corrected chi connectivity index (χ0v) is 21.0. The summed E-state index contributed by atoms with van der Waals surface area (Å²) in [4.78, 5) is 42.3. The van der Waals surface area contributed by atoms with Gasteiger partial charge in [-0.15, -0.1) is 0 Å². The third-order valence-electron chi connectivity index (χ3n) is 8.23. The Morgan fingerprint density at radius 3 is 2.58 bits per heavy atom. The Morgan fingerprint density at radius 1 is 1.14 bits per heavy atom. The molecule has 1 saturated heterocycles. The molecule has 7 heteroatoms. The Labute approximate surface area is 211 Å². The molecule has 5 rings (SSSR count). The summed E-state index contributed by atoms with van der Waals surface area (Å²) < 4.78 is 1.76. The van der Waals surface area contributed by atoms with Crippen molar-refractivity contribution < 1.29 is 14.7 Å². The maximum Gasteiger partial charge on any atom is 0.258 e. The second-order valence-electron chi connectivity index (χ2n) is 10.2. The maximum absolute atomic E-state index is 13.7. The van der Waals surface area contributed by atoms with E-state index in [4.69, 9.17) is 0 Å². The number of benzene rings is 1. The van der Waals surface area contributed by atoms with Crippen LogP contribution in [0, 0.1) is 11.8 Å². The third-order valence-corrected chi connectivity index (χ3v) is 8.23. The molecule has 190 valence electrons. The van der Waals surface area contributed by atoms with Crippen LogP contribution in [0.4, 0.5) is 0 Å². The van der Waals surface area contributed by atoms with Crippen molar-refractivity contribution in [1.29, 1.82) is 0 Å². The smallest absolute Gasteiger partial charge is 0.258 e. The summed E-state index contributed by atoms with van der Waals surface area (Å²) in [5.41, 5.74) is 3.41. The number of carbonyl (C=O) groups excluding carboxylic acids is 2. The molecule has 0 radical (unpaired) electrons. The molecule has 5 atom stereocenters. The van der Waals surface area contributed by atoms with Gasteiger partial charge < -0.3 is 19.9 Å². The van der Waals surface area contributed by atoms with Crippen LogP contribution >= 0.6 is 0 Å². The molecular formula is C29H35N3O4. The highest BCUT2D eigenvalue weighted by molar-refractivity contribution is 5.84. The molecular weight excluding hydrogens is 454 g/mol. The highest BCUT2D eigenvalue weighted by Gasteiger charge is 2.57. The van der Waals surface area contributed by atoms with Gasteiger partial charge in [0.2, 0.25) is 11.8 Å². The molecule has 2 amide bonds. The number of hydrogen-bond acceptors (Lipinski definition) is 4. The van der Waals surface area contributed by atoms with E-state index in [1.165, 1.54) is 0 Å². The van der Waals surface area contributed by atoms with Crippen molar-refractivity contribution in [3.63, 3.8) is 0 Å². The number of nitrogens with zero attached hydrogens (tertiary/aromatic N) is 2. The second-order valence-corrected chi connectivity index (χ2v) is 10.2. The number of hydrogen-bond donors (Lipinski definition) is 2. The first kappa shape index (κ1) is 24.5. The highest BCUT2D eigenvalue weighted by atomic mass is 16.3. The number of rotatable bonds is 6. The molecule has 1 fully saturated rings. The van der Waals surface area contributed by atoms with Gasteiger partial charge in [0.05, 0.1) is 24.0 Å². The molecule has 3 heterocycles. The van der Waals surface area contributed by atoms with Crippen LogP contribution in [-0.4, -0.2) is 39.0 Å². The Hall–Kier alpha value is -3.19. The van der Waals surface area contributed by atoms with Gasteiger partial charge in [0.15, 0.2) is 0 Å². The number of aliphatic hydroxyl groups is 1. The molecule has 0 saturated carbocycles. The lowest BCUT2D eigenvalue weighted by Crippen LogP contribution is -2.49. The largest absolute Gasteiger partial charge is 0.396 e. The van der Waals surface area contributed by atoms with Gasteiger partial charge in [0, 0.05) is 36.7 Å². The van der Waals surface area contributed by atoms with Crippen LogP contribution in [0.5, 0.6) is 0 Å². The fourth-order valence-electron chi connectivity index (χ4n) is 6.39. The lowest BCUT2D eigenvalue weighted by molar-refractivity contribution is -0.136. The van der Waals surface area contributed by atoms with Gasteiger partial charge in [0.25, 0.3) is 5.56 Å². The van der Waals surface area contributed by atoms with Crippen LogP contribution in [0.3, 0.4) is 0 Å². The van der Waals surface area contributed by atoms with E-state index in [2.05, 4.69) is 11.4 Å². The van der Waals surface area contributed by atoms with Crippen LogP contribution in [0.1, 0.15) is 74.9 Å². The molecule has 2 aromatic rings. The number of pyridine rings is 1. The van der Waals surface area contributed by atoms with E-state index in [1.54, 1.807) is 9.47 Å². The molecule has 2 bridgehead atoms. The highest BCUT2D eigenvalue weighted by Crippen LogP contribution is 2.49. The Balaban J connectivity index is 1.55. The lowest BCUT2D eigenvalue weighted by Gasteiger charge is -2.38. The predicted molar refractivity (Wildman–Crippen MR) is 138 cm³/mol. The van der Waals surface area contributed by atoms with Gasteiger partial charge in [-0.3, -0.25) is 14.4 Å². The van der Waals surface area contributed by atoms with E-state index in [1.807, 2.05) is 56.3 Å². The average Bonchev–Trinajstić information content (AvgIpc) is 3.16. The van der Waals surface area contributed by atoms with Gasteiger partial charge in [-0.2, -0.15) is 0 Å². The predicted octanol–water partition coefficient (Wildman–Crippen LogP) is 3.58. The first-order chi connectivity index (χ1) is 17.5. The quantitative estimate of drug-likeness (QED) is 0.649. The Morgan fingerprint density at radius 2 is 1.92 bits per heavy atom. The van der Waals surface area contributed by atoms with Crippen molar-refractivity contribution in [2.75, 3.05) is 6.61 Å². The summed E-state index contributed by atoms with van der Waals surface area (Å²) in [5.74, 6) is -1.36. The molecule has 0 spiro atoms. The summed E-state index contributed by atoms with van der Waals surface area (Å²) in [6.07, 6.45) is 6.55. The van der Waals surface area contributed by atoms with E-state index in [0.717, 1.165) is 36.8 Å². The molecule has 0 unspecified atom stereocenters. The van der Waals surface area contributed by atoms with E-state index in [9.17, 15) is 19.5 Å². The van der Waals surface area contributed by atoms with Gasteiger partial charge in [-0.25, -0.2) is 0 Å². The molecule has 7 nitrogen and oxygen atoms in total. The summed E-state index contributed by atoms with van der Waals surface area (Å²) >= 11 is 0. The van der Waals surface area contributed by atoms with Crippen molar-refractivity contribution in [2.24, 2.45) is 11.8 Å². The fourth-order valence-corrected chi connectivity index (χ4v) is 6.39. The Bertz CT molecular complexity index is 1230. The number of carbonyl (C=O) groups is 2. The van der Waals surface area contributed by atoms with E-state index >= 15 is 0 Å². The molecule has 2 N–H and O–H groups in total. The van der Waals surface area contributed by atoms with E-state index in [-0.39, 0.29) is 30.0 Å². The standard InChI is InChI=1S/C29H35N3O4/c1-3-25(34)32-24-16-31-23(15-14-21(29(31)36)20-12-8-5-9-13-20)27(32)26(22(24)17-33)28(35)30-18(2)19-10-6-4-7-11-19/h4,6-7,10-12,14-15,18,22,24,26-27,33H,3,5,8-9,13,16-17H2,1-2H3,(H,30,35)/t18-,22+,24+,26-,27-/m1/s1. The lowest BCUT2D eigenvalue weighted by atomic mass is 9.86. The van der Waals surface area contributed by atoms with Gasteiger partial charge in [0.1, 0.15) is 0 Å². The zero-order valence-electron chi connectivity index (χ0n) is 21.0. The molecule has 1 aromatic heterocycles. The minimum Gasteiger partial charge on any atom is -0.396 e. The van der Waals surface area contributed by atoms with Gasteiger partial charge >= 0.3 is 0 Å². The first-order valence-electron chi connectivity index (χ1n) is 13.2. The minimum atomic E-state index is -0.644. The number of allylic oxidation sites excluding steroid dienone is 2. The molecule has 36 heavy (non-hydrogen) atoms. The first-order valence-corrected chi connectivity index (χ1v) is 13.2. The number of aromatic nitrogens is 1. The summed E-state index contributed by atoms with van der Waals surface area (Å²) in [6, 6.07) is 12.3. The third kappa shape index (κ3) is 4.09. The zero-order chi connectivity index (χ0) is 25.4. The van der Waals surface area contributed by atoms with Crippen LogP contribution in [-0.2, 0) is 16.1 Å². The summed E-state index contributed by atoms with van der Waals surface area (Å²) in [7, 11) is 0. The van der Waals surface area contributed by atoms with Gasteiger partial charge in [-0.1, -0.05) is 43.3 Å². The van der Waals surface area contributed by atoms with Crippen LogP contribution in [0.2, 0.25) is 0 Å². The van der Waals surface area contributed by atoms with Crippen LogP contribution in [0.15, 0.2) is 53.3 Å². The van der Waals surface area contributed by atoms with Gasteiger partial charge in [-0.05, 0) is 55.9 Å². The molecule has 1 aliphatic carbocycles. The maximum atomic E-state index is 13.7. The van der Waals surface area contributed by atoms with Crippen molar-refractivity contribution >= 4 is 17.4 Å². The summed E-state index contributed by atoms with van der Waals surface area (Å²) in [5, 5.41) is 13.6. The number of fused-ring (bicyclic) bond motifs is 4. The Kier molecular flexibility index (Phi) is 6.84. The second kappa shape index (κ2) is 10.1. The van der Waals surface area contributed by atoms with E-state index < -0.39 is 23.9 Å². The topological polar surface area (TPSA) is 91.6 Å². The SMILES string of the molecule is CCC(=O)N1[C@@H]2c3ccc(C4=CCCCC4)c(=O)n3C[C@H]1[C@H](CO)[C@H]2C(=O)N[C@H](C)c1ccccc1. The van der Waals surface area contributed by atoms with E-state index in [0.29, 0.717) is 24.2 Å². The van der Waals surface area contributed by atoms with Crippen molar-refractivity contribution in [3.05, 3.63) is 75.7 Å². The van der Waals surface area contributed by atoms with Crippen molar-refractivity contribution in [1.82, 2.24) is 14.8 Å². The minimum absolute atomic E-state index is 0.0605. The normalized spacial score (nSPS) is 25.6. The van der Waals surface area contributed by atoms with Crippen LogP contribution in [0.25, 0.3) is 5.57 Å². The number of nitrogens with one attached hydrogen (secondary N) is 1. The molecule has 2 aliphatic heterocycles. The fraction of sp³-hybridized carbons (Fsp3) is 0.483. The summed E-state index contributed by atoms with van der Waals surface area (Å²) in [6.45, 7) is 3.80. The average molecular weight is 490 g/mol. The van der Waals surface area contributed by atoms with Crippen molar-refractivity contribution in [2.45, 2.75) is 70.6 Å². The van der Waals surface area contributed by atoms with Crippen molar-refractivity contribution in [3.8, 4) is 0 Å².